The Labute approximate surface area is 157 Å². The number of fused-ring (bicyclic) bond motifs is 1. The van der Waals surface area contributed by atoms with Crippen molar-refractivity contribution >= 4 is 29.4 Å². The molecule has 2 heterocycles. The number of imide groups is 1. The zero-order valence-electron chi connectivity index (χ0n) is 14.2. The van der Waals surface area contributed by atoms with Crippen LogP contribution in [-0.2, 0) is 11.0 Å². The molecule has 2 atom stereocenters. The number of amides is 3. The smallest absolute Gasteiger partial charge is 0.295 e. The zero-order valence-corrected chi connectivity index (χ0v) is 15.1. The topological polar surface area (TPSA) is 40.6 Å². The first-order valence-electron chi connectivity index (χ1n) is 8.29. The van der Waals surface area contributed by atoms with Gasteiger partial charge in [-0.1, -0.05) is 24.3 Å². The minimum atomic E-state index is -4.41. The van der Waals surface area contributed by atoms with E-state index < -0.39 is 29.2 Å². The van der Waals surface area contributed by atoms with Crippen molar-refractivity contribution in [3.05, 3.63) is 65.2 Å². The van der Waals surface area contributed by atoms with Gasteiger partial charge in [0.05, 0.1) is 11.3 Å². The van der Waals surface area contributed by atoms with Crippen LogP contribution in [0.2, 0.25) is 0 Å². The van der Waals surface area contributed by atoms with Gasteiger partial charge < -0.3 is 0 Å². The molecule has 8 heteroatoms. The van der Waals surface area contributed by atoms with E-state index in [0.717, 1.165) is 22.6 Å². The lowest BCUT2D eigenvalue weighted by atomic mass is 10.1. The van der Waals surface area contributed by atoms with Crippen LogP contribution in [0.1, 0.15) is 22.1 Å². The Bertz CT molecular complexity index is 914. The number of benzene rings is 2. The average Bonchev–Trinajstić information content (AvgIpc) is 3.15. The fourth-order valence-electron chi connectivity index (χ4n) is 3.39. The van der Waals surface area contributed by atoms with E-state index >= 15 is 0 Å². The summed E-state index contributed by atoms with van der Waals surface area (Å²) >= 11 is 1.39. The zero-order chi connectivity index (χ0) is 19.3. The average molecular weight is 392 g/mol. The number of urea groups is 1. The molecule has 27 heavy (non-hydrogen) atoms. The molecule has 0 radical (unpaired) electrons. The summed E-state index contributed by atoms with van der Waals surface area (Å²) in [5.41, 5.74) is 1.27. The van der Waals surface area contributed by atoms with Gasteiger partial charge in [0.1, 0.15) is 11.4 Å². The summed E-state index contributed by atoms with van der Waals surface area (Å²) in [6, 6.07) is 10.8. The van der Waals surface area contributed by atoms with E-state index in [2.05, 4.69) is 0 Å². The lowest BCUT2D eigenvalue weighted by Crippen LogP contribution is -2.33. The third kappa shape index (κ3) is 2.97. The standard InChI is InChI=1S/C19H15F3N2O2S/c1-11-3-2-4-14(9-11)23-16(25)15-10-27-17(24(15)18(23)26)12-5-7-13(8-6-12)19(20,21)22/h2-9,15,17H,10H2,1H3/t15-,17+/m0/s1. The van der Waals surface area contributed by atoms with Gasteiger partial charge in [-0.25, -0.2) is 9.69 Å². The van der Waals surface area contributed by atoms with Gasteiger partial charge >= 0.3 is 12.2 Å². The Morgan fingerprint density at radius 2 is 1.78 bits per heavy atom. The number of alkyl halides is 3. The van der Waals surface area contributed by atoms with Crippen LogP contribution in [0.15, 0.2) is 48.5 Å². The molecule has 0 aliphatic carbocycles. The second kappa shape index (κ2) is 6.30. The molecule has 2 fully saturated rings. The van der Waals surface area contributed by atoms with E-state index in [0.29, 0.717) is 17.0 Å². The van der Waals surface area contributed by atoms with Crippen LogP contribution in [0.25, 0.3) is 0 Å². The molecule has 2 aromatic carbocycles. The highest BCUT2D eigenvalue weighted by molar-refractivity contribution is 7.99. The molecule has 0 unspecified atom stereocenters. The summed E-state index contributed by atoms with van der Waals surface area (Å²) in [6.07, 6.45) is -4.41. The summed E-state index contributed by atoms with van der Waals surface area (Å²) < 4.78 is 38.3. The maximum absolute atomic E-state index is 13.0. The number of carbonyl (C=O) groups excluding carboxylic acids is 2. The van der Waals surface area contributed by atoms with Crippen LogP contribution in [0.3, 0.4) is 0 Å². The molecular weight excluding hydrogens is 377 g/mol. The van der Waals surface area contributed by atoms with Gasteiger partial charge in [-0.15, -0.1) is 11.8 Å². The maximum Gasteiger partial charge on any atom is 0.416 e. The van der Waals surface area contributed by atoms with E-state index in [1.54, 1.807) is 18.2 Å². The number of nitrogens with zero attached hydrogens (tertiary/aromatic N) is 2. The second-order valence-electron chi connectivity index (χ2n) is 6.52. The molecule has 140 valence electrons. The minimum Gasteiger partial charge on any atom is -0.295 e. The van der Waals surface area contributed by atoms with Crippen LogP contribution in [0, 0.1) is 6.92 Å². The maximum atomic E-state index is 13.0. The normalized spacial score (nSPS) is 22.5. The minimum absolute atomic E-state index is 0.299. The van der Waals surface area contributed by atoms with Gasteiger partial charge in [-0.05, 0) is 42.3 Å². The van der Waals surface area contributed by atoms with Gasteiger partial charge in [-0.3, -0.25) is 9.69 Å². The molecule has 2 aliphatic rings. The van der Waals surface area contributed by atoms with Gasteiger partial charge in [-0.2, -0.15) is 13.2 Å². The van der Waals surface area contributed by atoms with Gasteiger partial charge in [0, 0.05) is 5.75 Å². The molecule has 4 nitrogen and oxygen atoms in total. The quantitative estimate of drug-likeness (QED) is 0.702. The van der Waals surface area contributed by atoms with Crippen molar-refractivity contribution in [3.63, 3.8) is 0 Å². The monoisotopic (exact) mass is 392 g/mol. The molecule has 0 N–H and O–H groups in total. The van der Waals surface area contributed by atoms with E-state index in [1.165, 1.54) is 28.8 Å². The largest absolute Gasteiger partial charge is 0.416 e. The van der Waals surface area contributed by atoms with Crippen molar-refractivity contribution in [2.75, 3.05) is 10.7 Å². The number of hydrogen-bond donors (Lipinski definition) is 0. The Balaban J connectivity index is 1.64. The Hall–Kier alpha value is -2.48. The molecule has 2 aliphatic heterocycles. The first-order valence-corrected chi connectivity index (χ1v) is 9.34. The summed E-state index contributed by atoms with van der Waals surface area (Å²) in [6.45, 7) is 1.87. The predicted molar refractivity (Wildman–Crippen MR) is 96.3 cm³/mol. The number of anilines is 1. The number of halogens is 3. The summed E-state index contributed by atoms with van der Waals surface area (Å²) in [4.78, 5) is 28.4. The van der Waals surface area contributed by atoms with Gasteiger partial charge in [0.25, 0.3) is 5.91 Å². The molecule has 0 bridgehead atoms. The van der Waals surface area contributed by atoms with Gasteiger partial charge in [0.2, 0.25) is 0 Å². The summed E-state index contributed by atoms with van der Waals surface area (Å²) in [7, 11) is 0. The third-order valence-corrected chi connectivity index (χ3v) is 6.02. The van der Waals surface area contributed by atoms with Crippen LogP contribution in [0.5, 0.6) is 0 Å². The first-order chi connectivity index (χ1) is 12.8. The molecule has 2 aromatic rings. The number of thioether (sulfide) groups is 1. The lowest BCUT2D eigenvalue weighted by Gasteiger charge is -2.23. The Morgan fingerprint density at radius 1 is 1.07 bits per heavy atom. The summed E-state index contributed by atoms with van der Waals surface area (Å²) in [5.74, 6) is 0.117. The number of hydrogen-bond acceptors (Lipinski definition) is 3. The van der Waals surface area contributed by atoms with Crippen molar-refractivity contribution in [1.82, 2.24) is 4.90 Å². The van der Waals surface area contributed by atoms with Crippen molar-refractivity contribution in [3.8, 4) is 0 Å². The second-order valence-corrected chi connectivity index (χ2v) is 7.64. The molecule has 3 amide bonds. The predicted octanol–water partition coefficient (Wildman–Crippen LogP) is 4.60. The molecule has 0 saturated carbocycles. The molecule has 4 rings (SSSR count). The van der Waals surface area contributed by atoms with Crippen molar-refractivity contribution < 1.29 is 22.8 Å². The van der Waals surface area contributed by atoms with Crippen molar-refractivity contribution in [2.24, 2.45) is 0 Å². The highest BCUT2D eigenvalue weighted by Gasteiger charge is 2.53. The summed E-state index contributed by atoms with van der Waals surface area (Å²) in [5, 5.41) is -0.483. The molecule has 0 spiro atoms. The first kappa shape index (κ1) is 17.9. The lowest BCUT2D eigenvalue weighted by molar-refractivity contribution is -0.137. The van der Waals surface area contributed by atoms with Crippen molar-refractivity contribution in [2.45, 2.75) is 24.5 Å². The van der Waals surface area contributed by atoms with Crippen LogP contribution in [0.4, 0.5) is 23.7 Å². The van der Waals surface area contributed by atoms with E-state index in [1.807, 2.05) is 13.0 Å². The van der Waals surface area contributed by atoms with E-state index in [9.17, 15) is 22.8 Å². The van der Waals surface area contributed by atoms with Crippen LogP contribution < -0.4 is 4.90 Å². The Morgan fingerprint density at radius 3 is 2.41 bits per heavy atom. The number of rotatable bonds is 2. The Kier molecular flexibility index (Phi) is 4.18. The van der Waals surface area contributed by atoms with Crippen LogP contribution in [-0.4, -0.2) is 28.6 Å². The fourth-order valence-corrected chi connectivity index (χ4v) is 4.80. The highest BCUT2D eigenvalue weighted by Crippen LogP contribution is 2.46. The number of carbonyl (C=O) groups is 2. The van der Waals surface area contributed by atoms with Crippen molar-refractivity contribution in [1.29, 1.82) is 0 Å². The van der Waals surface area contributed by atoms with E-state index in [4.69, 9.17) is 0 Å². The highest BCUT2D eigenvalue weighted by atomic mass is 32.2. The van der Waals surface area contributed by atoms with Crippen LogP contribution >= 0.6 is 11.8 Å². The third-order valence-electron chi connectivity index (χ3n) is 4.70. The molecular formula is C19H15F3N2O2S. The molecule has 0 aromatic heterocycles. The van der Waals surface area contributed by atoms with E-state index in [-0.39, 0.29) is 5.91 Å². The SMILES string of the molecule is Cc1cccc(N2C(=O)[C@@H]3CS[C@H](c4ccc(C(F)(F)F)cc4)N3C2=O)c1. The fraction of sp³-hybridized carbons (Fsp3) is 0.263. The van der Waals surface area contributed by atoms with Gasteiger partial charge in [0.15, 0.2) is 0 Å². The molecule has 2 saturated heterocycles. The number of aryl methyl sites for hydroxylation is 1.